The molecule has 7 nitrogen and oxygen atoms in total. The van der Waals surface area contributed by atoms with Crippen LogP contribution in [0.1, 0.15) is 10.5 Å². The number of rotatable bonds is 4. The fraction of sp³-hybridized carbons (Fsp3) is 0.158. The van der Waals surface area contributed by atoms with E-state index in [-0.39, 0.29) is 6.61 Å². The molecule has 0 saturated heterocycles. The van der Waals surface area contributed by atoms with Crippen LogP contribution in [0.5, 0.6) is 11.5 Å². The second kappa shape index (κ2) is 6.79. The van der Waals surface area contributed by atoms with Crippen LogP contribution in [0.3, 0.4) is 0 Å². The molecule has 0 atom stereocenters. The van der Waals surface area contributed by atoms with Crippen LogP contribution < -0.4 is 14.8 Å². The largest absolute Gasteiger partial charge is 0.486 e. The summed E-state index contributed by atoms with van der Waals surface area (Å²) >= 11 is 0. The highest BCUT2D eigenvalue weighted by molar-refractivity contribution is 5.97. The molecular weight excluding hydrogens is 336 g/mol. The van der Waals surface area contributed by atoms with Crippen molar-refractivity contribution < 1.29 is 23.8 Å². The topological polar surface area (TPSA) is 89.7 Å². The molecule has 0 fully saturated rings. The van der Waals surface area contributed by atoms with E-state index in [2.05, 4.69) is 10.3 Å². The average Bonchev–Trinajstić information content (AvgIpc) is 3.10. The van der Waals surface area contributed by atoms with Crippen molar-refractivity contribution in [2.24, 2.45) is 0 Å². The molecular formula is C19H16N2O5. The van der Waals surface area contributed by atoms with Crippen LogP contribution in [-0.4, -0.2) is 36.7 Å². The molecule has 3 aromatic rings. The summed E-state index contributed by atoms with van der Waals surface area (Å²) in [6.07, 6.45) is 0. The molecule has 1 aliphatic rings. The quantitative estimate of drug-likeness (QED) is 0.705. The van der Waals surface area contributed by atoms with Gasteiger partial charge in [-0.25, -0.2) is 4.79 Å². The molecule has 2 N–H and O–H groups in total. The number of amides is 1. The van der Waals surface area contributed by atoms with E-state index in [4.69, 9.17) is 14.2 Å². The third-order valence-corrected chi connectivity index (χ3v) is 3.91. The van der Waals surface area contributed by atoms with Crippen molar-refractivity contribution >= 4 is 28.5 Å². The fourth-order valence-electron chi connectivity index (χ4n) is 2.71. The van der Waals surface area contributed by atoms with Gasteiger partial charge in [-0.2, -0.15) is 0 Å². The van der Waals surface area contributed by atoms with E-state index in [1.807, 2.05) is 24.3 Å². The lowest BCUT2D eigenvalue weighted by molar-refractivity contribution is -0.119. The van der Waals surface area contributed by atoms with Gasteiger partial charge in [0.25, 0.3) is 5.91 Å². The monoisotopic (exact) mass is 352 g/mol. The van der Waals surface area contributed by atoms with Crippen LogP contribution in [0.25, 0.3) is 10.9 Å². The zero-order valence-electron chi connectivity index (χ0n) is 13.8. The number of para-hydroxylation sites is 1. The number of H-pyrrole nitrogens is 1. The highest BCUT2D eigenvalue weighted by Crippen LogP contribution is 2.32. The summed E-state index contributed by atoms with van der Waals surface area (Å²) in [6.45, 7) is 0.581. The number of aromatic amines is 1. The fourth-order valence-corrected chi connectivity index (χ4v) is 2.71. The van der Waals surface area contributed by atoms with E-state index < -0.39 is 11.9 Å². The van der Waals surface area contributed by atoms with Crippen molar-refractivity contribution in [1.82, 2.24) is 4.98 Å². The van der Waals surface area contributed by atoms with Gasteiger partial charge in [-0.05, 0) is 24.3 Å². The molecule has 2 aromatic carbocycles. The molecule has 0 radical (unpaired) electrons. The van der Waals surface area contributed by atoms with Gasteiger partial charge >= 0.3 is 5.97 Å². The van der Waals surface area contributed by atoms with E-state index in [1.54, 1.807) is 24.3 Å². The Morgan fingerprint density at radius 3 is 2.69 bits per heavy atom. The second-order valence-corrected chi connectivity index (χ2v) is 5.75. The van der Waals surface area contributed by atoms with Crippen LogP contribution in [-0.2, 0) is 9.53 Å². The number of carbonyl (C=O) groups excluding carboxylic acids is 2. The van der Waals surface area contributed by atoms with E-state index in [1.165, 1.54) is 0 Å². The van der Waals surface area contributed by atoms with Crippen LogP contribution >= 0.6 is 0 Å². The SMILES string of the molecule is O=C(COC(=O)c1cc2ccccc2[nH]1)Nc1ccc2c(c1)OCCO2. The number of carbonyl (C=O) groups is 2. The highest BCUT2D eigenvalue weighted by Gasteiger charge is 2.15. The van der Waals surface area contributed by atoms with Gasteiger partial charge in [-0.15, -0.1) is 0 Å². The molecule has 26 heavy (non-hydrogen) atoms. The average molecular weight is 352 g/mol. The summed E-state index contributed by atoms with van der Waals surface area (Å²) in [6, 6.07) is 14.3. The molecule has 0 spiro atoms. The van der Waals surface area contributed by atoms with Crippen molar-refractivity contribution in [3.63, 3.8) is 0 Å². The maximum absolute atomic E-state index is 12.1. The lowest BCUT2D eigenvalue weighted by Gasteiger charge is -2.18. The van der Waals surface area contributed by atoms with Gasteiger partial charge in [0.05, 0.1) is 0 Å². The van der Waals surface area contributed by atoms with Crippen molar-refractivity contribution in [1.29, 1.82) is 0 Å². The van der Waals surface area contributed by atoms with Crippen molar-refractivity contribution in [2.45, 2.75) is 0 Å². The number of hydrogen-bond donors (Lipinski definition) is 2. The minimum atomic E-state index is -0.585. The summed E-state index contributed by atoms with van der Waals surface area (Å²) in [5.74, 6) is 0.188. The molecule has 1 aromatic heterocycles. The molecule has 7 heteroatoms. The Balaban J connectivity index is 1.35. The summed E-state index contributed by atoms with van der Waals surface area (Å²) in [5.41, 5.74) is 1.68. The zero-order valence-corrected chi connectivity index (χ0v) is 13.8. The number of nitrogens with one attached hydrogen (secondary N) is 2. The van der Waals surface area contributed by atoms with Gasteiger partial charge in [0.15, 0.2) is 18.1 Å². The van der Waals surface area contributed by atoms with Gasteiger partial charge < -0.3 is 24.5 Å². The van der Waals surface area contributed by atoms with Crippen LogP contribution in [0.4, 0.5) is 5.69 Å². The highest BCUT2D eigenvalue weighted by atomic mass is 16.6. The number of anilines is 1. The Morgan fingerprint density at radius 2 is 1.85 bits per heavy atom. The van der Waals surface area contributed by atoms with E-state index in [0.717, 1.165) is 10.9 Å². The lowest BCUT2D eigenvalue weighted by Crippen LogP contribution is -2.21. The van der Waals surface area contributed by atoms with Crippen molar-refractivity contribution in [2.75, 3.05) is 25.1 Å². The van der Waals surface area contributed by atoms with Gasteiger partial charge in [0.1, 0.15) is 18.9 Å². The van der Waals surface area contributed by atoms with E-state index in [9.17, 15) is 9.59 Å². The summed E-state index contributed by atoms with van der Waals surface area (Å²) in [7, 11) is 0. The molecule has 1 aliphatic heterocycles. The zero-order chi connectivity index (χ0) is 17.9. The molecule has 0 bridgehead atoms. The summed E-state index contributed by atoms with van der Waals surface area (Å²) in [5, 5.41) is 3.57. The predicted octanol–water partition coefficient (Wildman–Crippen LogP) is 2.73. The van der Waals surface area contributed by atoms with Crippen molar-refractivity contribution in [3.8, 4) is 11.5 Å². The molecule has 1 amide bonds. The molecule has 2 heterocycles. The summed E-state index contributed by atoms with van der Waals surface area (Å²) < 4.78 is 16.0. The van der Waals surface area contributed by atoms with Gasteiger partial charge in [0.2, 0.25) is 0 Å². The third kappa shape index (κ3) is 3.32. The van der Waals surface area contributed by atoms with E-state index >= 15 is 0 Å². The smallest absolute Gasteiger partial charge is 0.355 e. The maximum Gasteiger partial charge on any atom is 0.355 e. The standard InChI is InChI=1S/C19H16N2O5/c22-18(20-13-5-6-16-17(10-13)25-8-7-24-16)11-26-19(23)15-9-12-3-1-2-4-14(12)21-15/h1-6,9-10,21H,7-8,11H2,(H,20,22). The number of hydrogen-bond acceptors (Lipinski definition) is 5. The minimum Gasteiger partial charge on any atom is -0.486 e. The molecule has 0 saturated carbocycles. The molecule has 132 valence electrons. The van der Waals surface area contributed by atoms with Gasteiger partial charge in [0, 0.05) is 22.7 Å². The van der Waals surface area contributed by atoms with Gasteiger partial charge in [-0.3, -0.25) is 4.79 Å². The Bertz CT molecular complexity index is 946. The summed E-state index contributed by atoms with van der Waals surface area (Å²) in [4.78, 5) is 27.1. The van der Waals surface area contributed by atoms with E-state index in [0.29, 0.717) is 36.1 Å². The molecule has 0 unspecified atom stereocenters. The van der Waals surface area contributed by atoms with Crippen LogP contribution in [0.2, 0.25) is 0 Å². The Labute approximate surface area is 148 Å². The maximum atomic E-state index is 12.1. The Hall–Kier alpha value is -3.48. The molecule has 0 aliphatic carbocycles. The Kier molecular flexibility index (Phi) is 4.18. The van der Waals surface area contributed by atoms with Crippen LogP contribution in [0.15, 0.2) is 48.5 Å². The number of ether oxygens (including phenoxy) is 3. The van der Waals surface area contributed by atoms with Crippen LogP contribution in [0, 0.1) is 0 Å². The number of fused-ring (bicyclic) bond motifs is 2. The lowest BCUT2D eigenvalue weighted by atomic mass is 10.2. The minimum absolute atomic E-state index is 0.304. The third-order valence-electron chi connectivity index (χ3n) is 3.91. The molecule has 4 rings (SSSR count). The number of esters is 1. The normalized spacial score (nSPS) is 12.6. The first-order valence-corrected chi connectivity index (χ1v) is 8.13. The first kappa shape index (κ1) is 16.0. The Morgan fingerprint density at radius 1 is 1.04 bits per heavy atom. The van der Waals surface area contributed by atoms with Crippen molar-refractivity contribution in [3.05, 3.63) is 54.2 Å². The number of benzene rings is 2. The second-order valence-electron chi connectivity index (χ2n) is 5.75. The van der Waals surface area contributed by atoms with Gasteiger partial charge in [-0.1, -0.05) is 18.2 Å². The first-order chi connectivity index (χ1) is 12.7. The number of aromatic nitrogens is 1. The first-order valence-electron chi connectivity index (χ1n) is 8.13. The predicted molar refractivity (Wildman–Crippen MR) is 94.6 cm³/mol.